The van der Waals surface area contributed by atoms with Crippen LogP contribution in [0, 0.1) is 6.92 Å². The Labute approximate surface area is 189 Å². The third kappa shape index (κ3) is 5.29. The molecule has 1 atom stereocenters. The summed E-state index contributed by atoms with van der Waals surface area (Å²) in [5.74, 6) is 0.377. The fourth-order valence-electron chi connectivity index (χ4n) is 3.31. The number of carbonyl (C=O) groups excluding carboxylic acids is 1. The van der Waals surface area contributed by atoms with Crippen LogP contribution in [0.3, 0.4) is 0 Å². The average Bonchev–Trinajstić information content (AvgIpc) is 2.80. The summed E-state index contributed by atoms with van der Waals surface area (Å²) in [7, 11) is -3.72. The zero-order chi connectivity index (χ0) is 23.1. The van der Waals surface area contributed by atoms with Crippen molar-refractivity contribution < 1.29 is 17.9 Å². The van der Waals surface area contributed by atoms with E-state index in [0.717, 1.165) is 5.56 Å². The molecule has 32 heavy (non-hydrogen) atoms. The maximum Gasteiger partial charge on any atom is 0.265 e. The van der Waals surface area contributed by atoms with E-state index in [4.69, 9.17) is 4.74 Å². The van der Waals surface area contributed by atoms with E-state index < -0.39 is 16.1 Å². The molecule has 3 aromatic rings. The van der Waals surface area contributed by atoms with Crippen molar-refractivity contribution in [2.45, 2.75) is 38.2 Å². The van der Waals surface area contributed by atoms with E-state index in [1.165, 1.54) is 16.4 Å². The van der Waals surface area contributed by atoms with E-state index in [1.54, 1.807) is 43.3 Å². The lowest BCUT2D eigenvalue weighted by Crippen LogP contribution is -2.32. The first kappa shape index (κ1) is 23.3. The van der Waals surface area contributed by atoms with Crippen LogP contribution in [0.15, 0.2) is 83.8 Å². The fourth-order valence-corrected chi connectivity index (χ4v) is 4.78. The van der Waals surface area contributed by atoms with Crippen LogP contribution in [0.25, 0.3) is 0 Å². The van der Waals surface area contributed by atoms with Crippen LogP contribution in [0.2, 0.25) is 0 Å². The van der Waals surface area contributed by atoms with Crippen molar-refractivity contribution in [2.75, 3.05) is 16.2 Å². The molecule has 3 aromatic carbocycles. The number of nitrogens with one attached hydrogen (secondary N) is 1. The summed E-state index contributed by atoms with van der Waals surface area (Å²) in [6.45, 7) is 5.90. The number of para-hydroxylation sites is 2. The monoisotopic (exact) mass is 452 g/mol. The van der Waals surface area contributed by atoms with Crippen LogP contribution in [0.4, 0.5) is 11.4 Å². The van der Waals surface area contributed by atoms with Gasteiger partial charge in [0.2, 0.25) is 0 Å². The number of amides is 1. The first-order valence-corrected chi connectivity index (χ1v) is 12.0. The Kier molecular flexibility index (Phi) is 7.53. The Balaban J connectivity index is 1.73. The molecule has 0 bridgehead atoms. The third-order valence-corrected chi connectivity index (χ3v) is 6.98. The highest BCUT2D eigenvalue weighted by molar-refractivity contribution is 7.92. The zero-order valence-electron chi connectivity index (χ0n) is 18.5. The van der Waals surface area contributed by atoms with Gasteiger partial charge in [-0.05, 0) is 68.3 Å². The second-order valence-corrected chi connectivity index (χ2v) is 9.16. The van der Waals surface area contributed by atoms with Gasteiger partial charge in [-0.3, -0.25) is 9.10 Å². The number of nitrogens with zero attached hydrogens (tertiary/aromatic N) is 1. The smallest absolute Gasteiger partial charge is 0.265 e. The van der Waals surface area contributed by atoms with Crippen molar-refractivity contribution in [2.24, 2.45) is 0 Å². The lowest BCUT2D eigenvalue weighted by molar-refractivity contribution is -0.122. The Morgan fingerprint density at radius 1 is 0.938 bits per heavy atom. The molecule has 0 aromatic heterocycles. The van der Waals surface area contributed by atoms with Gasteiger partial charge in [-0.1, -0.05) is 43.3 Å². The Hall–Kier alpha value is -3.32. The van der Waals surface area contributed by atoms with Crippen LogP contribution >= 0.6 is 0 Å². The van der Waals surface area contributed by atoms with Gasteiger partial charge in [0, 0.05) is 12.2 Å². The van der Waals surface area contributed by atoms with Crippen molar-refractivity contribution in [3.05, 3.63) is 84.4 Å². The summed E-state index contributed by atoms with van der Waals surface area (Å²) >= 11 is 0. The van der Waals surface area contributed by atoms with E-state index >= 15 is 0 Å². The Morgan fingerprint density at radius 3 is 2.16 bits per heavy atom. The lowest BCUT2D eigenvalue weighted by atomic mass is 10.2. The molecule has 0 heterocycles. The van der Waals surface area contributed by atoms with E-state index in [0.29, 0.717) is 30.1 Å². The number of hydrogen-bond donors (Lipinski definition) is 1. The molecule has 0 saturated heterocycles. The molecule has 0 saturated carbocycles. The SMILES string of the molecule is CCC(Oc1ccccc1C)C(=O)Nc1ccc(S(=O)(=O)N(CC)c2ccccc2)cc1. The van der Waals surface area contributed by atoms with Gasteiger partial charge in [0.05, 0.1) is 10.6 Å². The summed E-state index contributed by atoms with van der Waals surface area (Å²) in [4.78, 5) is 12.9. The molecule has 0 aliphatic heterocycles. The van der Waals surface area contributed by atoms with Crippen molar-refractivity contribution >= 4 is 27.3 Å². The molecule has 0 radical (unpaired) electrons. The summed E-state index contributed by atoms with van der Waals surface area (Å²) in [5, 5.41) is 2.81. The molecule has 6 nitrogen and oxygen atoms in total. The standard InChI is InChI=1S/C25H28N2O4S/c1-4-23(31-24-14-10-9-11-19(24)3)25(28)26-20-15-17-22(18-16-20)32(29,30)27(5-2)21-12-7-6-8-13-21/h6-18,23H,4-5H2,1-3H3,(H,26,28). The van der Waals surface area contributed by atoms with E-state index in [-0.39, 0.29) is 10.8 Å². The van der Waals surface area contributed by atoms with Crippen LogP contribution < -0.4 is 14.4 Å². The van der Waals surface area contributed by atoms with Crippen molar-refractivity contribution in [3.63, 3.8) is 0 Å². The van der Waals surface area contributed by atoms with E-state index in [1.807, 2.05) is 44.2 Å². The maximum atomic E-state index is 13.1. The second-order valence-electron chi connectivity index (χ2n) is 7.30. The molecule has 1 unspecified atom stereocenters. The number of anilines is 2. The molecular formula is C25H28N2O4S. The molecule has 0 aliphatic rings. The van der Waals surface area contributed by atoms with Gasteiger partial charge in [-0.25, -0.2) is 8.42 Å². The molecule has 1 amide bonds. The van der Waals surface area contributed by atoms with E-state index in [2.05, 4.69) is 5.32 Å². The molecule has 0 fully saturated rings. The van der Waals surface area contributed by atoms with Gasteiger partial charge < -0.3 is 10.1 Å². The minimum Gasteiger partial charge on any atom is -0.480 e. The predicted molar refractivity (Wildman–Crippen MR) is 128 cm³/mol. The molecule has 0 aliphatic carbocycles. The van der Waals surface area contributed by atoms with Crippen molar-refractivity contribution in [3.8, 4) is 5.75 Å². The summed E-state index contributed by atoms with van der Waals surface area (Å²) in [5.41, 5.74) is 2.06. The average molecular weight is 453 g/mol. The minimum atomic E-state index is -3.72. The molecule has 1 N–H and O–H groups in total. The van der Waals surface area contributed by atoms with Crippen LogP contribution in [-0.4, -0.2) is 27.0 Å². The quantitative estimate of drug-likeness (QED) is 0.495. The molecule has 3 rings (SSSR count). The lowest BCUT2D eigenvalue weighted by Gasteiger charge is -2.23. The number of sulfonamides is 1. The molecule has 168 valence electrons. The Morgan fingerprint density at radius 2 is 1.56 bits per heavy atom. The highest BCUT2D eigenvalue weighted by Gasteiger charge is 2.24. The normalized spacial score (nSPS) is 12.1. The van der Waals surface area contributed by atoms with Crippen molar-refractivity contribution in [1.82, 2.24) is 0 Å². The number of hydrogen-bond acceptors (Lipinski definition) is 4. The Bertz CT molecular complexity index is 1150. The topological polar surface area (TPSA) is 75.7 Å². The highest BCUT2D eigenvalue weighted by atomic mass is 32.2. The molecule has 7 heteroatoms. The maximum absolute atomic E-state index is 13.1. The number of benzene rings is 3. The van der Waals surface area contributed by atoms with Gasteiger partial charge in [0.1, 0.15) is 5.75 Å². The van der Waals surface area contributed by atoms with Gasteiger partial charge in [-0.2, -0.15) is 0 Å². The van der Waals surface area contributed by atoms with Gasteiger partial charge in [0.25, 0.3) is 15.9 Å². The zero-order valence-corrected chi connectivity index (χ0v) is 19.3. The van der Waals surface area contributed by atoms with Gasteiger partial charge in [-0.15, -0.1) is 0 Å². The number of aryl methyl sites for hydroxylation is 1. The van der Waals surface area contributed by atoms with Gasteiger partial charge in [0.15, 0.2) is 6.10 Å². The van der Waals surface area contributed by atoms with Crippen LogP contribution in [0.1, 0.15) is 25.8 Å². The summed E-state index contributed by atoms with van der Waals surface area (Å²) < 4.78 is 33.4. The molecular weight excluding hydrogens is 424 g/mol. The highest BCUT2D eigenvalue weighted by Crippen LogP contribution is 2.25. The van der Waals surface area contributed by atoms with Crippen LogP contribution in [0.5, 0.6) is 5.75 Å². The first-order valence-electron chi connectivity index (χ1n) is 10.6. The fraction of sp³-hybridized carbons (Fsp3) is 0.240. The first-order chi connectivity index (χ1) is 15.4. The second kappa shape index (κ2) is 10.3. The predicted octanol–water partition coefficient (Wildman–Crippen LogP) is 5.01. The largest absolute Gasteiger partial charge is 0.480 e. The number of rotatable bonds is 9. The van der Waals surface area contributed by atoms with Crippen molar-refractivity contribution in [1.29, 1.82) is 0 Å². The van der Waals surface area contributed by atoms with Gasteiger partial charge >= 0.3 is 0 Å². The number of carbonyl (C=O) groups is 1. The number of ether oxygens (including phenoxy) is 1. The molecule has 0 spiro atoms. The van der Waals surface area contributed by atoms with E-state index in [9.17, 15) is 13.2 Å². The summed E-state index contributed by atoms with van der Waals surface area (Å²) in [6.07, 6.45) is -0.164. The van der Waals surface area contributed by atoms with Crippen LogP contribution in [-0.2, 0) is 14.8 Å². The third-order valence-electron chi connectivity index (χ3n) is 5.07. The minimum absolute atomic E-state index is 0.157. The summed E-state index contributed by atoms with van der Waals surface area (Å²) in [6, 6.07) is 22.7.